The molecule has 0 aliphatic heterocycles. The van der Waals surface area contributed by atoms with Crippen LogP contribution in [-0.2, 0) is 11.3 Å². The molecule has 0 saturated heterocycles. The van der Waals surface area contributed by atoms with Crippen LogP contribution < -0.4 is 15.6 Å². The highest BCUT2D eigenvalue weighted by molar-refractivity contribution is 5.80. The van der Waals surface area contributed by atoms with E-state index in [1.807, 2.05) is 0 Å². The zero-order chi connectivity index (χ0) is 17.3. The number of nitrogens with zero attached hydrogens (tertiary/aromatic N) is 3. The van der Waals surface area contributed by atoms with Gasteiger partial charge in [-0.3, -0.25) is 14.2 Å². The summed E-state index contributed by atoms with van der Waals surface area (Å²) >= 11 is 0. The van der Waals surface area contributed by atoms with Gasteiger partial charge in [0.05, 0.1) is 30.4 Å². The highest BCUT2D eigenvalue weighted by atomic mass is 16.5. The summed E-state index contributed by atoms with van der Waals surface area (Å²) in [6, 6.07) is 7.18. The second-order valence-corrected chi connectivity index (χ2v) is 6.20. The Morgan fingerprint density at radius 1 is 1.54 bits per heavy atom. The smallest absolute Gasteiger partial charge is 0.261 e. The Morgan fingerprint density at radius 2 is 2.29 bits per heavy atom. The molecule has 1 amide bonds. The number of hydrogen-bond acceptors (Lipinski definition) is 5. The summed E-state index contributed by atoms with van der Waals surface area (Å²) in [5.74, 6) is 0.355. The van der Waals surface area contributed by atoms with E-state index >= 15 is 0 Å². The molecule has 24 heavy (non-hydrogen) atoms. The number of benzene rings is 1. The molecule has 0 radical (unpaired) electrons. The van der Waals surface area contributed by atoms with Gasteiger partial charge >= 0.3 is 0 Å². The second kappa shape index (κ2) is 5.96. The summed E-state index contributed by atoms with van der Waals surface area (Å²) in [4.78, 5) is 29.0. The maximum Gasteiger partial charge on any atom is 0.261 e. The molecular formula is C17H18N4O3. The van der Waals surface area contributed by atoms with Crippen molar-refractivity contribution in [2.75, 3.05) is 7.11 Å². The van der Waals surface area contributed by atoms with Crippen molar-refractivity contribution in [2.45, 2.75) is 31.8 Å². The maximum atomic E-state index is 12.5. The number of nitriles is 1. The zero-order valence-corrected chi connectivity index (χ0v) is 13.6. The fraction of sp³-hybridized carbons (Fsp3) is 0.412. The third kappa shape index (κ3) is 2.95. The quantitative estimate of drug-likeness (QED) is 0.891. The van der Waals surface area contributed by atoms with E-state index in [0.29, 0.717) is 16.7 Å². The Balaban J connectivity index is 1.84. The normalized spacial score (nSPS) is 16.2. The van der Waals surface area contributed by atoms with Gasteiger partial charge in [0, 0.05) is 0 Å². The summed E-state index contributed by atoms with van der Waals surface area (Å²) in [6.45, 7) is 1.54. The number of rotatable bonds is 5. The first-order valence-electron chi connectivity index (χ1n) is 7.72. The minimum atomic E-state index is -0.881. The Morgan fingerprint density at radius 3 is 2.92 bits per heavy atom. The summed E-state index contributed by atoms with van der Waals surface area (Å²) in [6.07, 6.45) is 3.21. The van der Waals surface area contributed by atoms with Gasteiger partial charge in [0.25, 0.3) is 5.56 Å². The van der Waals surface area contributed by atoms with Crippen LogP contribution in [0.25, 0.3) is 10.9 Å². The molecule has 1 aliphatic rings. The first-order valence-corrected chi connectivity index (χ1v) is 7.72. The van der Waals surface area contributed by atoms with E-state index in [1.54, 1.807) is 25.1 Å². The van der Waals surface area contributed by atoms with E-state index in [1.165, 1.54) is 18.0 Å². The molecule has 1 aromatic heterocycles. The molecule has 1 aromatic carbocycles. The van der Waals surface area contributed by atoms with Crippen LogP contribution in [0, 0.1) is 17.2 Å². The lowest BCUT2D eigenvalue weighted by molar-refractivity contribution is -0.123. The molecule has 1 fully saturated rings. The van der Waals surface area contributed by atoms with Crippen molar-refractivity contribution in [1.29, 1.82) is 5.26 Å². The van der Waals surface area contributed by atoms with Crippen LogP contribution in [0.3, 0.4) is 0 Å². The van der Waals surface area contributed by atoms with Crippen LogP contribution in [0.2, 0.25) is 0 Å². The molecule has 1 saturated carbocycles. The lowest BCUT2D eigenvalue weighted by Crippen LogP contribution is -2.48. The van der Waals surface area contributed by atoms with Crippen molar-refractivity contribution >= 4 is 16.8 Å². The molecule has 2 aromatic rings. The number of nitrogens with one attached hydrogen (secondary N) is 1. The highest BCUT2D eigenvalue weighted by Crippen LogP contribution is 2.39. The van der Waals surface area contributed by atoms with E-state index in [0.717, 1.165) is 12.8 Å². The van der Waals surface area contributed by atoms with Gasteiger partial charge in [0.15, 0.2) is 0 Å². The Kier molecular flexibility index (Phi) is 3.97. The average Bonchev–Trinajstić information content (AvgIpc) is 3.42. The zero-order valence-electron chi connectivity index (χ0n) is 13.6. The first kappa shape index (κ1) is 16.0. The summed E-state index contributed by atoms with van der Waals surface area (Å²) < 4.78 is 6.36. The van der Waals surface area contributed by atoms with Crippen molar-refractivity contribution in [3.8, 4) is 11.8 Å². The van der Waals surface area contributed by atoms with E-state index < -0.39 is 5.54 Å². The van der Waals surface area contributed by atoms with Crippen LogP contribution >= 0.6 is 0 Å². The van der Waals surface area contributed by atoms with E-state index in [2.05, 4.69) is 16.4 Å². The molecule has 3 rings (SSSR count). The SMILES string of the molecule is COc1ccc2ncn(CC(=O)NC(C)(C#N)C3CC3)c(=O)c2c1. The molecule has 0 spiro atoms. The Bertz CT molecular complexity index is 895. The van der Waals surface area contributed by atoms with Crippen molar-refractivity contribution in [3.63, 3.8) is 0 Å². The molecule has 124 valence electrons. The van der Waals surface area contributed by atoms with Gasteiger partial charge in [-0.05, 0) is 43.9 Å². The molecule has 1 heterocycles. The Labute approximate surface area is 138 Å². The fourth-order valence-corrected chi connectivity index (χ4v) is 2.74. The molecule has 1 N–H and O–H groups in total. The molecule has 1 unspecified atom stereocenters. The highest BCUT2D eigenvalue weighted by Gasteiger charge is 2.43. The molecule has 7 heteroatoms. The average molecular weight is 326 g/mol. The van der Waals surface area contributed by atoms with Gasteiger partial charge in [-0.15, -0.1) is 0 Å². The van der Waals surface area contributed by atoms with Crippen LogP contribution in [0.15, 0.2) is 29.3 Å². The number of aromatic nitrogens is 2. The number of hydrogen-bond donors (Lipinski definition) is 1. The third-order valence-electron chi connectivity index (χ3n) is 4.37. The van der Waals surface area contributed by atoms with Gasteiger partial charge in [-0.1, -0.05) is 0 Å². The summed E-state index contributed by atoms with van der Waals surface area (Å²) in [5, 5.41) is 12.4. The second-order valence-electron chi connectivity index (χ2n) is 6.20. The summed E-state index contributed by atoms with van der Waals surface area (Å²) in [5.41, 5.74) is -0.662. The van der Waals surface area contributed by atoms with Crippen LogP contribution in [0.1, 0.15) is 19.8 Å². The number of carbonyl (C=O) groups excluding carboxylic acids is 1. The number of fused-ring (bicyclic) bond motifs is 1. The molecule has 1 atom stereocenters. The van der Waals surface area contributed by atoms with Crippen LogP contribution in [-0.4, -0.2) is 28.1 Å². The minimum absolute atomic E-state index is 0.178. The van der Waals surface area contributed by atoms with Gasteiger partial charge in [-0.25, -0.2) is 4.98 Å². The molecule has 1 aliphatic carbocycles. The first-order chi connectivity index (χ1) is 11.5. The largest absolute Gasteiger partial charge is 0.497 e. The van der Waals surface area contributed by atoms with E-state index in [-0.39, 0.29) is 23.9 Å². The van der Waals surface area contributed by atoms with E-state index in [9.17, 15) is 14.9 Å². The predicted molar refractivity (Wildman–Crippen MR) is 87.4 cm³/mol. The third-order valence-corrected chi connectivity index (χ3v) is 4.37. The van der Waals surface area contributed by atoms with Crippen molar-refractivity contribution in [2.24, 2.45) is 5.92 Å². The molecule has 0 bridgehead atoms. The van der Waals surface area contributed by atoms with Crippen LogP contribution in [0.4, 0.5) is 0 Å². The standard InChI is InChI=1S/C17H18N4O3/c1-17(9-18,11-3-4-11)20-15(22)8-21-10-19-14-6-5-12(24-2)7-13(14)16(21)23/h5-7,10-11H,3-4,8H2,1-2H3,(H,20,22). The van der Waals surface area contributed by atoms with Crippen molar-refractivity contribution < 1.29 is 9.53 Å². The van der Waals surface area contributed by atoms with Crippen molar-refractivity contribution in [1.82, 2.24) is 14.9 Å². The van der Waals surface area contributed by atoms with Gasteiger partial charge < -0.3 is 10.1 Å². The lowest BCUT2D eigenvalue weighted by atomic mass is 9.98. The van der Waals surface area contributed by atoms with Crippen LogP contribution in [0.5, 0.6) is 5.75 Å². The summed E-state index contributed by atoms with van der Waals surface area (Å²) in [7, 11) is 1.52. The van der Waals surface area contributed by atoms with Crippen molar-refractivity contribution in [3.05, 3.63) is 34.9 Å². The van der Waals surface area contributed by atoms with Gasteiger partial charge in [0.2, 0.25) is 5.91 Å². The number of amides is 1. The molecule has 7 nitrogen and oxygen atoms in total. The van der Waals surface area contributed by atoms with Gasteiger partial charge in [0.1, 0.15) is 17.8 Å². The monoisotopic (exact) mass is 326 g/mol. The molecular weight excluding hydrogens is 308 g/mol. The topological polar surface area (TPSA) is 97.0 Å². The number of methoxy groups -OCH3 is 1. The number of carbonyl (C=O) groups is 1. The Hall–Kier alpha value is -2.88. The van der Waals surface area contributed by atoms with E-state index in [4.69, 9.17) is 4.74 Å². The lowest BCUT2D eigenvalue weighted by Gasteiger charge is -2.23. The maximum absolute atomic E-state index is 12.5. The fourth-order valence-electron chi connectivity index (χ4n) is 2.74. The predicted octanol–water partition coefficient (Wildman–Crippen LogP) is 1.21. The van der Waals surface area contributed by atoms with Gasteiger partial charge in [-0.2, -0.15) is 5.26 Å². The number of ether oxygens (including phenoxy) is 1. The minimum Gasteiger partial charge on any atom is -0.497 e.